The first-order valence-electron chi connectivity index (χ1n) is 16.7. The molecule has 0 radical (unpaired) electrons. The fraction of sp³-hybridized carbons (Fsp3) is 0.658. The molecule has 5 rings (SSSR count). The van der Waals surface area contributed by atoms with Crippen molar-refractivity contribution in [3.05, 3.63) is 28.0 Å². The lowest BCUT2D eigenvalue weighted by Crippen LogP contribution is -2.72. The Morgan fingerprint density at radius 1 is 0.745 bits per heavy atom. The number of phenolic OH excluding ortho intramolecular Hbond substituents is 1. The van der Waals surface area contributed by atoms with E-state index >= 15 is 0 Å². The lowest BCUT2D eigenvalue weighted by Gasteiger charge is -2.58. The van der Waals surface area contributed by atoms with E-state index in [-0.39, 0.29) is 51.6 Å². The minimum atomic E-state index is -2.37. The topological polar surface area (TPSA) is 144 Å². The predicted octanol–water partition coefficient (Wildman–Crippen LogP) is 6.46. The maximum Gasteiger partial charge on any atom is 0.230 e. The van der Waals surface area contributed by atoms with Crippen molar-refractivity contribution >= 4 is 28.9 Å². The predicted molar refractivity (Wildman–Crippen MR) is 174 cm³/mol. The molecule has 9 nitrogen and oxygen atoms in total. The van der Waals surface area contributed by atoms with E-state index in [9.17, 15) is 34.2 Å². The van der Waals surface area contributed by atoms with Crippen molar-refractivity contribution in [1.82, 2.24) is 0 Å². The van der Waals surface area contributed by atoms with Crippen LogP contribution in [-0.4, -0.2) is 44.9 Å². The smallest absolute Gasteiger partial charge is 0.230 e. The second-order valence-corrected chi connectivity index (χ2v) is 17.2. The van der Waals surface area contributed by atoms with Gasteiger partial charge in [-0.05, 0) is 67.2 Å². The number of phenols is 1. The molecule has 1 unspecified atom stereocenters. The van der Waals surface area contributed by atoms with Gasteiger partial charge in [0, 0.05) is 34.5 Å². The summed E-state index contributed by atoms with van der Waals surface area (Å²) in [5.74, 6) is -9.09. The van der Waals surface area contributed by atoms with Gasteiger partial charge in [-0.25, -0.2) is 0 Å². The largest absolute Gasteiger partial charge is 0.507 e. The van der Waals surface area contributed by atoms with E-state index in [4.69, 9.17) is 9.47 Å². The highest BCUT2D eigenvalue weighted by atomic mass is 16.6. The first kappa shape index (κ1) is 35.0. The minimum absolute atomic E-state index is 0.115. The number of allylic oxidation sites excluding steroid dienone is 2. The van der Waals surface area contributed by atoms with Gasteiger partial charge in [0.2, 0.25) is 5.79 Å². The van der Waals surface area contributed by atoms with Gasteiger partial charge in [0.05, 0.1) is 27.6 Å². The third kappa shape index (κ3) is 4.13. The highest BCUT2D eigenvalue weighted by Gasteiger charge is 2.72. The van der Waals surface area contributed by atoms with Crippen LogP contribution in [0.5, 0.6) is 17.2 Å². The van der Waals surface area contributed by atoms with Gasteiger partial charge in [-0.15, -0.1) is 0 Å². The van der Waals surface area contributed by atoms with Crippen molar-refractivity contribution in [3.8, 4) is 17.2 Å². The maximum absolute atomic E-state index is 14.4. The Morgan fingerprint density at radius 3 is 1.79 bits per heavy atom. The zero-order chi connectivity index (χ0) is 35.9. The van der Waals surface area contributed by atoms with Crippen molar-refractivity contribution in [2.75, 3.05) is 0 Å². The Morgan fingerprint density at radius 2 is 1.30 bits per heavy atom. The number of carbonyl (C=O) groups is 5. The molecule has 1 fully saturated rings. The highest BCUT2D eigenvalue weighted by molar-refractivity contribution is 6.20. The second-order valence-electron chi connectivity index (χ2n) is 17.2. The van der Waals surface area contributed by atoms with E-state index in [1.54, 1.807) is 55.4 Å². The summed E-state index contributed by atoms with van der Waals surface area (Å²) in [4.78, 5) is 70.4. The van der Waals surface area contributed by atoms with Gasteiger partial charge in [-0.1, -0.05) is 41.5 Å². The summed E-state index contributed by atoms with van der Waals surface area (Å²) in [5, 5.41) is 24.8. The third-order valence-corrected chi connectivity index (χ3v) is 11.5. The minimum Gasteiger partial charge on any atom is -0.507 e. The summed E-state index contributed by atoms with van der Waals surface area (Å²) in [6, 6.07) is 0. The number of hydrogen-bond acceptors (Lipinski definition) is 9. The Bertz CT molecular complexity index is 1700. The van der Waals surface area contributed by atoms with Crippen LogP contribution in [0.2, 0.25) is 0 Å². The Kier molecular flexibility index (Phi) is 7.52. The summed E-state index contributed by atoms with van der Waals surface area (Å²) in [5.41, 5.74) is -5.07. The lowest BCUT2D eigenvalue weighted by atomic mass is 9.51. The van der Waals surface area contributed by atoms with Gasteiger partial charge in [0.25, 0.3) is 0 Å². The molecule has 0 saturated heterocycles. The summed E-state index contributed by atoms with van der Waals surface area (Å²) in [6.07, 6.45) is 0. The van der Waals surface area contributed by atoms with E-state index in [1.165, 1.54) is 13.8 Å². The normalized spacial score (nSPS) is 30.0. The third-order valence-electron chi connectivity index (χ3n) is 11.5. The number of benzene rings is 1. The molecule has 0 spiro atoms. The number of ketones is 5. The zero-order valence-electron chi connectivity index (χ0n) is 30.2. The van der Waals surface area contributed by atoms with E-state index < -0.39 is 80.0 Å². The van der Waals surface area contributed by atoms with Crippen molar-refractivity contribution in [3.63, 3.8) is 0 Å². The summed E-state index contributed by atoms with van der Waals surface area (Å²) in [6.45, 7) is 23.7. The van der Waals surface area contributed by atoms with Crippen LogP contribution in [0.25, 0.3) is 0 Å². The molecule has 2 N–H and O–H groups in total. The summed E-state index contributed by atoms with van der Waals surface area (Å²) >= 11 is 0. The van der Waals surface area contributed by atoms with Crippen LogP contribution in [0.15, 0.2) is 11.3 Å². The molecule has 4 atom stereocenters. The number of Topliss-reactive ketones (excluding diaryl/α,β-unsaturated/α-hetero) is 5. The molecular formula is C38H50O9. The van der Waals surface area contributed by atoms with Crippen LogP contribution < -0.4 is 9.47 Å². The van der Waals surface area contributed by atoms with Crippen molar-refractivity contribution in [1.29, 1.82) is 0 Å². The van der Waals surface area contributed by atoms with Crippen LogP contribution in [-0.2, 0) is 19.2 Å². The molecule has 47 heavy (non-hydrogen) atoms. The molecule has 1 aromatic rings. The standard InChI is InChI=1S/C38H50O9/c1-15(2)18-20-26(40)23(25(39)17(5)6)28-21(27(20)46-31-22(18)29(41)34(7,8)32(43)36(31,11)12)19(16(3)4)24-30(42)35(9,10)33(44)37(13,14)38(24,45)47-28/h15-19,24,40,45H,1-14H3/t18-,19?,24+,38-/m1/s1. The van der Waals surface area contributed by atoms with E-state index in [0.717, 1.165) is 0 Å². The van der Waals surface area contributed by atoms with Gasteiger partial charge in [0.15, 0.2) is 28.9 Å². The van der Waals surface area contributed by atoms with Crippen molar-refractivity contribution in [2.45, 2.75) is 115 Å². The maximum atomic E-state index is 14.4. The molecule has 2 heterocycles. The van der Waals surface area contributed by atoms with Gasteiger partial charge in [0.1, 0.15) is 28.6 Å². The molecule has 0 amide bonds. The fourth-order valence-corrected chi connectivity index (χ4v) is 8.85. The molecule has 1 aromatic carbocycles. The second kappa shape index (κ2) is 10.1. The average molecular weight is 651 g/mol. The molecular weight excluding hydrogens is 600 g/mol. The Hall–Kier alpha value is -3.33. The number of aromatic hydroxyl groups is 1. The molecule has 2 aliphatic heterocycles. The number of aliphatic hydroxyl groups is 1. The number of hydrogen-bond donors (Lipinski definition) is 2. The number of carbonyl (C=O) groups excluding carboxylic acids is 5. The quantitative estimate of drug-likeness (QED) is 0.277. The van der Waals surface area contributed by atoms with Crippen LogP contribution >= 0.6 is 0 Å². The Balaban J connectivity index is 2.00. The lowest BCUT2D eigenvalue weighted by molar-refractivity contribution is -0.264. The molecule has 0 aromatic heterocycles. The monoisotopic (exact) mass is 650 g/mol. The van der Waals surface area contributed by atoms with E-state index in [0.29, 0.717) is 5.56 Å². The molecule has 0 bridgehead atoms. The first-order chi connectivity index (χ1) is 21.2. The number of rotatable bonds is 4. The van der Waals surface area contributed by atoms with Gasteiger partial charge >= 0.3 is 0 Å². The first-order valence-corrected chi connectivity index (χ1v) is 16.7. The average Bonchev–Trinajstić information content (AvgIpc) is 2.96. The molecule has 4 aliphatic rings. The fourth-order valence-electron chi connectivity index (χ4n) is 8.85. The SMILES string of the molecule is CC(C)C(=O)c1c(O)c2c(c3c1O[C@]1(O)[C@H](C(=O)C(C)(C)C(=O)C1(C)C)C3C(C)C)OC1=C(C(=O)C(C)(C)C(=O)C1(C)C)[C@@H]2C(C)C. The zero-order valence-corrected chi connectivity index (χ0v) is 30.2. The number of ether oxygens (including phenoxy) is 2. The van der Waals surface area contributed by atoms with Crippen molar-refractivity contribution < 1.29 is 43.7 Å². The Labute approximate surface area is 277 Å². The molecule has 1 saturated carbocycles. The van der Waals surface area contributed by atoms with E-state index in [1.807, 2.05) is 27.7 Å². The summed E-state index contributed by atoms with van der Waals surface area (Å²) < 4.78 is 13.2. The van der Waals surface area contributed by atoms with Crippen LogP contribution in [0, 0.1) is 45.3 Å². The van der Waals surface area contributed by atoms with Gasteiger partial charge in [-0.2, -0.15) is 0 Å². The van der Waals surface area contributed by atoms with E-state index in [2.05, 4.69) is 0 Å². The van der Waals surface area contributed by atoms with Crippen LogP contribution in [0.1, 0.15) is 130 Å². The molecule has 9 heteroatoms. The number of fused-ring (bicyclic) bond motifs is 4. The molecule has 2 aliphatic carbocycles. The summed E-state index contributed by atoms with van der Waals surface area (Å²) in [7, 11) is 0. The van der Waals surface area contributed by atoms with Crippen molar-refractivity contribution in [2.24, 2.45) is 45.3 Å². The van der Waals surface area contributed by atoms with Gasteiger partial charge < -0.3 is 19.7 Å². The molecule has 256 valence electrons. The van der Waals surface area contributed by atoms with Crippen LogP contribution in [0.3, 0.4) is 0 Å². The highest BCUT2D eigenvalue weighted by Crippen LogP contribution is 2.66. The van der Waals surface area contributed by atoms with Gasteiger partial charge in [-0.3, -0.25) is 24.0 Å². The van der Waals surface area contributed by atoms with Crippen LogP contribution in [0.4, 0.5) is 0 Å².